The molecule has 0 spiro atoms. The topological polar surface area (TPSA) is 111 Å². The molecule has 0 atom stereocenters. The van der Waals surface area contributed by atoms with Gasteiger partial charge < -0.3 is 30.2 Å². The van der Waals surface area contributed by atoms with E-state index in [1.165, 1.54) is 0 Å². The number of guanidine groups is 1. The molecule has 5 rings (SSSR count). The van der Waals surface area contributed by atoms with Gasteiger partial charge in [-0.15, -0.1) is 0 Å². The normalized spacial score (nSPS) is 16.4. The highest BCUT2D eigenvalue weighted by atomic mass is 16.6. The van der Waals surface area contributed by atoms with Crippen molar-refractivity contribution in [3.8, 4) is 17.4 Å². The number of ether oxygens (including phenoxy) is 3. The molecule has 9 heteroatoms. The van der Waals surface area contributed by atoms with Crippen LogP contribution in [0, 0.1) is 5.92 Å². The maximum atomic E-state index is 13.0. The van der Waals surface area contributed by atoms with Crippen LogP contribution in [0.5, 0.6) is 17.4 Å². The average Bonchev–Trinajstić information content (AvgIpc) is 2.88. The third kappa shape index (κ3) is 4.54. The Morgan fingerprint density at radius 2 is 1.91 bits per heavy atom. The third-order valence-electron chi connectivity index (χ3n) is 6.12. The zero-order valence-corrected chi connectivity index (χ0v) is 19.0. The van der Waals surface area contributed by atoms with Crippen molar-refractivity contribution >= 4 is 34.1 Å². The number of para-hydroxylation sites is 1. The van der Waals surface area contributed by atoms with Crippen molar-refractivity contribution < 1.29 is 19.0 Å². The monoisotopic (exact) mass is 461 g/mol. The highest BCUT2D eigenvalue weighted by molar-refractivity contribution is 6.01. The molecule has 2 aromatic carbocycles. The number of methoxy groups -OCH3 is 1. The van der Waals surface area contributed by atoms with E-state index < -0.39 is 0 Å². The lowest BCUT2D eigenvalue weighted by Gasteiger charge is -2.32. The van der Waals surface area contributed by atoms with Gasteiger partial charge in [-0.05, 0) is 37.1 Å². The van der Waals surface area contributed by atoms with Crippen LogP contribution in [0.2, 0.25) is 0 Å². The van der Waals surface area contributed by atoms with Gasteiger partial charge >= 0.3 is 0 Å². The summed E-state index contributed by atoms with van der Waals surface area (Å²) in [5, 5.41) is 4.00. The molecule has 2 aliphatic rings. The average molecular weight is 462 g/mol. The van der Waals surface area contributed by atoms with Gasteiger partial charge in [-0.3, -0.25) is 4.79 Å². The molecule has 34 heavy (non-hydrogen) atoms. The Kier molecular flexibility index (Phi) is 6.07. The quantitative estimate of drug-likeness (QED) is 0.453. The van der Waals surface area contributed by atoms with Crippen molar-refractivity contribution in [1.29, 1.82) is 0 Å². The number of carbonyl (C=O) groups excluding carboxylic acids is 1. The lowest BCUT2D eigenvalue weighted by Crippen LogP contribution is -2.44. The van der Waals surface area contributed by atoms with Crippen LogP contribution < -0.4 is 25.3 Å². The second-order valence-electron chi connectivity index (χ2n) is 8.28. The van der Waals surface area contributed by atoms with Gasteiger partial charge in [-0.2, -0.15) is 0 Å². The SMILES string of the molecule is COc1ccc2cccc(NC(=O)C3CCN(C(N)=Nc4ccc5c(c4)OCCO5)CC3)c2n1. The van der Waals surface area contributed by atoms with Gasteiger partial charge in [0.25, 0.3) is 0 Å². The molecular weight excluding hydrogens is 434 g/mol. The number of piperidine rings is 1. The van der Waals surface area contributed by atoms with Gasteiger partial charge in [-0.25, -0.2) is 9.98 Å². The minimum Gasteiger partial charge on any atom is -0.486 e. The summed E-state index contributed by atoms with van der Waals surface area (Å²) in [4.78, 5) is 24.0. The molecule has 0 unspecified atom stereocenters. The molecule has 176 valence electrons. The molecule has 0 aliphatic carbocycles. The van der Waals surface area contributed by atoms with Crippen LogP contribution in [0.4, 0.5) is 11.4 Å². The fourth-order valence-corrected chi connectivity index (χ4v) is 4.25. The number of pyridine rings is 1. The maximum Gasteiger partial charge on any atom is 0.227 e. The van der Waals surface area contributed by atoms with E-state index in [9.17, 15) is 4.79 Å². The predicted molar refractivity (Wildman–Crippen MR) is 130 cm³/mol. The van der Waals surface area contributed by atoms with Crippen LogP contribution in [0.15, 0.2) is 53.5 Å². The Labute approximate surface area is 197 Å². The summed E-state index contributed by atoms with van der Waals surface area (Å²) >= 11 is 0. The zero-order chi connectivity index (χ0) is 23.5. The van der Waals surface area contributed by atoms with Crippen molar-refractivity contribution in [2.24, 2.45) is 16.6 Å². The van der Waals surface area contributed by atoms with E-state index in [-0.39, 0.29) is 11.8 Å². The number of aliphatic imine (C=N–C) groups is 1. The fraction of sp³-hybridized carbons (Fsp3) is 0.320. The van der Waals surface area contributed by atoms with Gasteiger partial charge in [0, 0.05) is 36.5 Å². The van der Waals surface area contributed by atoms with Crippen molar-refractivity contribution in [1.82, 2.24) is 9.88 Å². The Bertz CT molecular complexity index is 1240. The largest absolute Gasteiger partial charge is 0.486 e. The molecule has 9 nitrogen and oxygen atoms in total. The number of nitrogens with one attached hydrogen (secondary N) is 1. The Morgan fingerprint density at radius 3 is 2.71 bits per heavy atom. The number of hydrogen-bond donors (Lipinski definition) is 2. The fourth-order valence-electron chi connectivity index (χ4n) is 4.25. The summed E-state index contributed by atoms with van der Waals surface area (Å²) in [7, 11) is 1.58. The zero-order valence-electron chi connectivity index (χ0n) is 19.0. The number of likely N-dealkylation sites (tertiary alicyclic amines) is 1. The van der Waals surface area contributed by atoms with Crippen LogP contribution in [-0.2, 0) is 4.79 Å². The number of benzene rings is 2. The first-order valence-electron chi connectivity index (χ1n) is 11.3. The lowest BCUT2D eigenvalue weighted by atomic mass is 9.96. The Morgan fingerprint density at radius 1 is 1.12 bits per heavy atom. The first-order valence-corrected chi connectivity index (χ1v) is 11.3. The highest BCUT2D eigenvalue weighted by Gasteiger charge is 2.26. The molecule has 1 amide bonds. The molecule has 3 N–H and O–H groups in total. The van der Waals surface area contributed by atoms with Crippen LogP contribution in [0.1, 0.15) is 12.8 Å². The summed E-state index contributed by atoms with van der Waals surface area (Å²) in [6.07, 6.45) is 1.37. The van der Waals surface area contributed by atoms with Crippen LogP contribution in [0.3, 0.4) is 0 Å². The number of aromatic nitrogens is 1. The number of fused-ring (bicyclic) bond motifs is 2. The molecule has 0 saturated carbocycles. The lowest BCUT2D eigenvalue weighted by molar-refractivity contribution is -0.120. The molecule has 2 aliphatic heterocycles. The van der Waals surface area contributed by atoms with Crippen molar-refractivity contribution in [2.45, 2.75) is 12.8 Å². The van der Waals surface area contributed by atoms with Crippen molar-refractivity contribution in [3.05, 3.63) is 48.5 Å². The Hall–Kier alpha value is -4.01. The van der Waals surface area contributed by atoms with Crippen molar-refractivity contribution in [2.75, 3.05) is 38.7 Å². The smallest absolute Gasteiger partial charge is 0.227 e. The first kappa shape index (κ1) is 21.8. The number of anilines is 1. The van der Waals surface area contributed by atoms with Crippen molar-refractivity contribution in [3.63, 3.8) is 0 Å². The molecule has 3 aromatic rings. The van der Waals surface area contributed by atoms with Crippen LogP contribution >= 0.6 is 0 Å². The van der Waals surface area contributed by atoms with Crippen LogP contribution in [0.25, 0.3) is 10.9 Å². The molecular formula is C25H27N5O4. The van der Waals surface area contributed by atoms with E-state index in [0.29, 0.717) is 73.6 Å². The summed E-state index contributed by atoms with van der Waals surface area (Å²) in [6, 6.07) is 15.0. The standard InChI is InChI=1S/C25H27N5O4/c1-32-22-8-5-16-3-2-4-19(23(16)29-22)28-24(31)17-9-11-30(12-10-17)25(26)27-18-6-7-20-21(15-18)34-14-13-33-20/h2-8,15,17H,9-14H2,1H3,(H2,26,27)(H,28,31). The van der Waals surface area contributed by atoms with E-state index in [4.69, 9.17) is 19.9 Å². The summed E-state index contributed by atoms with van der Waals surface area (Å²) in [5.41, 5.74) is 8.38. The Balaban J connectivity index is 1.22. The number of rotatable bonds is 4. The summed E-state index contributed by atoms with van der Waals surface area (Å²) in [6.45, 7) is 2.37. The molecule has 1 aromatic heterocycles. The first-order chi connectivity index (χ1) is 16.6. The van der Waals surface area contributed by atoms with E-state index in [2.05, 4.69) is 15.3 Å². The second-order valence-corrected chi connectivity index (χ2v) is 8.28. The number of hydrogen-bond acceptors (Lipinski definition) is 6. The van der Waals surface area contributed by atoms with E-state index in [1.807, 2.05) is 47.4 Å². The minimum absolute atomic E-state index is 0.0147. The predicted octanol–water partition coefficient (Wildman–Crippen LogP) is 3.31. The van der Waals surface area contributed by atoms with Gasteiger partial charge in [-0.1, -0.05) is 12.1 Å². The third-order valence-corrected chi connectivity index (χ3v) is 6.12. The number of carbonyl (C=O) groups is 1. The van der Waals surface area contributed by atoms with Gasteiger partial charge in [0.05, 0.1) is 24.0 Å². The molecule has 3 heterocycles. The highest BCUT2D eigenvalue weighted by Crippen LogP contribution is 2.34. The van der Waals surface area contributed by atoms with Gasteiger partial charge in [0.15, 0.2) is 17.5 Å². The summed E-state index contributed by atoms with van der Waals surface area (Å²) in [5.74, 6) is 2.21. The maximum absolute atomic E-state index is 13.0. The number of amides is 1. The number of nitrogens with zero attached hydrogens (tertiary/aromatic N) is 3. The molecule has 0 bridgehead atoms. The van der Waals surface area contributed by atoms with E-state index in [0.717, 1.165) is 11.1 Å². The van der Waals surface area contributed by atoms with Gasteiger partial charge in [0.1, 0.15) is 13.2 Å². The second kappa shape index (κ2) is 9.46. The van der Waals surface area contributed by atoms with Crippen LogP contribution in [-0.4, -0.2) is 55.2 Å². The summed E-state index contributed by atoms with van der Waals surface area (Å²) < 4.78 is 16.4. The van der Waals surface area contributed by atoms with E-state index in [1.54, 1.807) is 13.2 Å². The molecule has 1 fully saturated rings. The minimum atomic E-state index is -0.112. The van der Waals surface area contributed by atoms with Gasteiger partial charge in [0.2, 0.25) is 11.8 Å². The molecule has 0 radical (unpaired) electrons. The van der Waals surface area contributed by atoms with E-state index >= 15 is 0 Å². The number of nitrogens with two attached hydrogens (primary N) is 1. The molecule has 1 saturated heterocycles.